The number of ketones is 1. The number of hydrogen-bond acceptors (Lipinski definition) is 3. The fraction of sp³-hybridized carbons (Fsp3) is 0.889. The predicted octanol–water partition coefficient (Wildman–Crippen LogP) is 1.32. The highest BCUT2D eigenvalue weighted by Crippen LogP contribution is 2.22. The van der Waals surface area contributed by atoms with E-state index in [4.69, 9.17) is 0 Å². The second-order valence-electron chi connectivity index (χ2n) is 3.57. The van der Waals surface area contributed by atoms with Crippen LogP contribution in [0.4, 0.5) is 0 Å². The molecular weight excluding hydrogens is 188 g/mol. The van der Waals surface area contributed by atoms with Gasteiger partial charge in [-0.3, -0.25) is 4.79 Å². The Kier molecular flexibility index (Phi) is 3.47. The minimum Gasteiger partial charge on any atom is -0.298 e. The van der Waals surface area contributed by atoms with Crippen LogP contribution < -0.4 is 0 Å². The molecule has 1 saturated carbocycles. The van der Waals surface area contributed by atoms with Crippen molar-refractivity contribution in [3.63, 3.8) is 0 Å². The Labute approximate surface area is 79.4 Å². The summed E-state index contributed by atoms with van der Waals surface area (Å²) in [6, 6.07) is 0. The van der Waals surface area contributed by atoms with Crippen LogP contribution >= 0.6 is 0 Å². The third kappa shape index (κ3) is 2.53. The van der Waals surface area contributed by atoms with E-state index < -0.39 is 15.1 Å². The largest absolute Gasteiger partial charge is 0.298 e. The van der Waals surface area contributed by atoms with Crippen LogP contribution in [-0.4, -0.2) is 25.2 Å². The normalized spacial score (nSPS) is 23.8. The van der Waals surface area contributed by atoms with Crippen molar-refractivity contribution in [2.75, 3.05) is 5.75 Å². The first-order chi connectivity index (χ1) is 6.08. The van der Waals surface area contributed by atoms with Gasteiger partial charge in [0.1, 0.15) is 5.25 Å². The summed E-state index contributed by atoms with van der Waals surface area (Å²) in [5, 5.41) is -0.668. The van der Waals surface area contributed by atoms with Crippen molar-refractivity contribution in [2.45, 2.75) is 44.3 Å². The SMILES string of the molecule is CCCCS(=O)(=O)[C@H]1CCCC1=O. The van der Waals surface area contributed by atoms with Crippen molar-refractivity contribution < 1.29 is 13.2 Å². The van der Waals surface area contributed by atoms with Gasteiger partial charge in [0.25, 0.3) is 0 Å². The molecule has 0 aromatic heterocycles. The molecule has 1 atom stereocenters. The topological polar surface area (TPSA) is 51.2 Å². The van der Waals surface area contributed by atoms with Crippen LogP contribution in [0, 0.1) is 0 Å². The van der Waals surface area contributed by atoms with Crippen LogP contribution in [0.2, 0.25) is 0 Å². The van der Waals surface area contributed by atoms with Crippen molar-refractivity contribution in [3.05, 3.63) is 0 Å². The Balaban J connectivity index is 2.63. The van der Waals surface area contributed by atoms with Crippen molar-refractivity contribution >= 4 is 15.6 Å². The molecule has 0 radical (unpaired) electrons. The lowest BCUT2D eigenvalue weighted by Gasteiger charge is -2.08. The highest BCUT2D eigenvalue weighted by molar-refractivity contribution is 7.92. The maximum absolute atomic E-state index is 11.6. The van der Waals surface area contributed by atoms with E-state index in [-0.39, 0.29) is 11.5 Å². The van der Waals surface area contributed by atoms with Gasteiger partial charge in [0, 0.05) is 6.42 Å². The predicted molar refractivity (Wildman–Crippen MR) is 51.3 cm³/mol. The summed E-state index contributed by atoms with van der Waals surface area (Å²) < 4.78 is 23.2. The average molecular weight is 204 g/mol. The second kappa shape index (κ2) is 4.22. The molecule has 0 aromatic rings. The third-order valence-corrected chi connectivity index (χ3v) is 4.69. The third-order valence-electron chi connectivity index (χ3n) is 2.46. The zero-order valence-electron chi connectivity index (χ0n) is 7.95. The van der Waals surface area contributed by atoms with Gasteiger partial charge in [-0.05, 0) is 19.3 Å². The highest BCUT2D eigenvalue weighted by Gasteiger charge is 2.35. The van der Waals surface area contributed by atoms with Crippen LogP contribution in [0.3, 0.4) is 0 Å². The lowest BCUT2D eigenvalue weighted by atomic mass is 10.3. The van der Waals surface area contributed by atoms with Gasteiger partial charge in [-0.15, -0.1) is 0 Å². The van der Waals surface area contributed by atoms with Crippen LogP contribution in [0.15, 0.2) is 0 Å². The molecule has 0 heterocycles. The molecule has 0 aliphatic heterocycles. The maximum atomic E-state index is 11.6. The Morgan fingerprint density at radius 2 is 2.15 bits per heavy atom. The smallest absolute Gasteiger partial charge is 0.160 e. The van der Waals surface area contributed by atoms with E-state index >= 15 is 0 Å². The Morgan fingerprint density at radius 3 is 2.62 bits per heavy atom. The Bertz CT molecular complexity index is 279. The molecule has 1 aliphatic rings. The van der Waals surface area contributed by atoms with E-state index in [0.29, 0.717) is 19.3 Å². The fourth-order valence-corrected chi connectivity index (χ4v) is 3.67. The molecule has 0 aromatic carbocycles. The van der Waals surface area contributed by atoms with Gasteiger partial charge >= 0.3 is 0 Å². The van der Waals surface area contributed by atoms with E-state index in [2.05, 4.69) is 0 Å². The summed E-state index contributed by atoms with van der Waals surface area (Å²) in [4.78, 5) is 11.2. The molecule has 0 N–H and O–H groups in total. The number of carbonyl (C=O) groups is 1. The number of hydrogen-bond donors (Lipinski definition) is 0. The number of rotatable bonds is 4. The lowest BCUT2D eigenvalue weighted by molar-refractivity contribution is -0.117. The molecule has 1 fully saturated rings. The number of sulfone groups is 1. The van der Waals surface area contributed by atoms with Crippen molar-refractivity contribution in [2.24, 2.45) is 0 Å². The van der Waals surface area contributed by atoms with Gasteiger partial charge in [-0.25, -0.2) is 8.42 Å². The Morgan fingerprint density at radius 1 is 1.46 bits per heavy atom. The van der Waals surface area contributed by atoms with E-state index in [1.54, 1.807) is 0 Å². The quantitative estimate of drug-likeness (QED) is 0.694. The molecule has 3 nitrogen and oxygen atoms in total. The van der Waals surface area contributed by atoms with Crippen molar-refractivity contribution in [1.29, 1.82) is 0 Å². The maximum Gasteiger partial charge on any atom is 0.160 e. The molecular formula is C9H16O3S. The molecule has 0 amide bonds. The van der Waals surface area contributed by atoms with Crippen LogP contribution in [-0.2, 0) is 14.6 Å². The van der Waals surface area contributed by atoms with Gasteiger partial charge in [-0.2, -0.15) is 0 Å². The van der Waals surface area contributed by atoms with Crippen LogP contribution in [0.1, 0.15) is 39.0 Å². The van der Waals surface area contributed by atoms with Gasteiger partial charge in [-0.1, -0.05) is 13.3 Å². The standard InChI is InChI=1S/C9H16O3S/c1-2-3-7-13(11,12)9-6-4-5-8(9)10/h9H,2-7H2,1H3/t9-/m0/s1. The van der Waals surface area contributed by atoms with Gasteiger partial charge in [0.2, 0.25) is 0 Å². The first-order valence-corrected chi connectivity index (χ1v) is 6.53. The van der Waals surface area contributed by atoms with Crippen LogP contribution in [0.5, 0.6) is 0 Å². The zero-order chi connectivity index (χ0) is 9.90. The molecule has 1 aliphatic carbocycles. The zero-order valence-corrected chi connectivity index (χ0v) is 8.77. The molecule has 0 saturated heterocycles. The summed E-state index contributed by atoms with van der Waals surface area (Å²) in [6.07, 6.45) is 3.28. The van der Waals surface area contributed by atoms with Gasteiger partial charge in [0.05, 0.1) is 5.75 Å². The minimum absolute atomic E-state index is 0.0731. The number of carbonyl (C=O) groups excluding carboxylic acids is 1. The minimum atomic E-state index is -3.12. The molecule has 13 heavy (non-hydrogen) atoms. The molecule has 1 rings (SSSR count). The molecule has 4 heteroatoms. The molecule has 0 unspecified atom stereocenters. The first kappa shape index (κ1) is 10.7. The van der Waals surface area contributed by atoms with Gasteiger partial charge in [0.15, 0.2) is 15.6 Å². The lowest BCUT2D eigenvalue weighted by Crippen LogP contribution is -2.27. The monoisotopic (exact) mass is 204 g/mol. The summed E-state index contributed by atoms with van der Waals surface area (Å²) in [5.74, 6) is 0.107. The van der Waals surface area contributed by atoms with Crippen molar-refractivity contribution in [1.82, 2.24) is 0 Å². The summed E-state index contributed by atoms with van der Waals surface area (Å²) in [6.45, 7) is 1.95. The first-order valence-electron chi connectivity index (χ1n) is 4.82. The number of Topliss-reactive ketones (excluding diaryl/α,β-unsaturated/α-hetero) is 1. The highest BCUT2D eigenvalue weighted by atomic mass is 32.2. The summed E-state index contributed by atoms with van der Waals surface area (Å²) in [7, 11) is -3.12. The van der Waals surface area contributed by atoms with Crippen LogP contribution in [0.25, 0.3) is 0 Å². The van der Waals surface area contributed by atoms with E-state index in [0.717, 1.165) is 12.8 Å². The average Bonchev–Trinajstić information content (AvgIpc) is 2.48. The van der Waals surface area contributed by atoms with E-state index in [1.807, 2.05) is 6.92 Å². The summed E-state index contributed by atoms with van der Waals surface area (Å²) in [5.41, 5.74) is 0. The Hall–Kier alpha value is -0.380. The fourth-order valence-electron chi connectivity index (χ4n) is 1.65. The molecule has 0 bridgehead atoms. The number of unbranched alkanes of at least 4 members (excludes halogenated alkanes) is 1. The molecule has 76 valence electrons. The van der Waals surface area contributed by atoms with Crippen molar-refractivity contribution in [3.8, 4) is 0 Å². The molecule has 0 spiro atoms. The van der Waals surface area contributed by atoms with E-state index in [1.165, 1.54) is 0 Å². The van der Waals surface area contributed by atoms with Gasteiger partial charge < -0.3 is 0 Å². The second-order valence-corrected chi connectivity index (χ2v) is 5.87. The summed E-state index contributed by atoms with van der Waals surface area (Å²) >= 11 is 0. The van der Waals surface area contributed by atoms with E-state index in [9.17, 15) is 13.2 Å².